The van der Waals surface area contributed by atoms with Gasteiger partial charge < -0.3 is 40.7 Å². The Hall–Kier alpha value is -5.53. The highest BCUT2D eigenvalue weighted by atomic mass is 35.5. The molecule has 15 nitrogen and oxygen atoms in total. The lowest BCUT2D eigenvalue weighted by molar-refractivity contribution is -0.925. The van der Waals surface area contributed by atoms with Crippen LogP contribution in [0.4, 0.5) is 28.9 Å². The standard InChI is InChI=1S/C37H41ClF4N10O5/c1-48-30(26-20-51(47-32(26)37(40,41)42)29-6-3-23(44)17-28(29)39)19-45-33(48)34(55)46-24-4-5-25(27(38)18-24)36(57)49-10-7-22(8-11-49)35(56)50-12-15-52(16-13-50,14-2-9-43)21-31(53)54/h3-6,17-20,22H,2,7-16,21,43-44H2,1H3,(H-,46,53,54,55,57)/p+1. The van der Waals surface area contributed by atoms with Crippen molar-refractivity contribution in [1.29, 1.82) is 0 Å². The molecule has 0 unspecified atom stereocenters. The van der Waals surface area contributed by atoms with Crippen molar-refractivity contribution in [3.63, 3.8) is 0 Å². The molecule has 0 atom stereocenters. The van der Waals surface area contributed by atoms with Crippen molar-refractivity contribution in [1.82, 2.24) is 29.1 Å². The lowest BCUT2D eigenvalue weighted by Gasteiger charge is -2.45. The second-order valence-electron chi connectivity index (χ2n) is 14.3. The fourth-order valence-electron chi connectivity index (χ4n) is 7.47. The molecule has 4 aromatic rings. The Labute approximate surface area is 329 Å². The molecule has 0 saturated carbocycles. The number of nitrogens with two attached hydrogens (primary N) is 2. The molecule has 0 radical (unpaired) electrons. The second kappa shape index (κ2) is 16.5. The lowest BCUT2D eigenvalue weighted by Crippen LogP contribution is -2.63. The summed E-state index contributed by atoms with van der Waals surface area (Å²) in [6.07, 6.45) is -1.28. The monoisotopic (exact) mass is 817 g/mol. The maximum Gasteiger partial charge on any atom is 0.435 e. The summed E-state index contributed by atoms with van der Waals surface area (Å²) in [6, 6.07) is 7.74. The van der Waals surface area contributed by atoms with Crippen LogP contribution in [0, 0.1) is 11.7 Å². The number of carbonyl (C=O) groups excluding carboxylic acids is 3. The number of nitrogens with zero attached hydrogens (tertiary/aromatic N) is 7. The number of anilines is 2. The first-order valence-corrected chi connectivity index (χ1v) is 18.6. The van der Waals surface area contributed by atoms with Crippen molar-refractivity contribution in [2.75, 3.05) is 70.0 Å². The lowest BCUT2D eigenvalue weighted by atomic mass is 9.94. The van der Waals surface area contributed by atoms with Crippen LogP contribution < -0.4 is 16.8 Å². The summed E-state index contributed by atoms with van der Waals surface area (Å²) in [7, 11) is 1.34. The van der Waals surface area contributed by atoms with Crippen molar-refractivity contribution in [3.8, 4) is 16.9 Å². The number of aliphatic carboxylic acids is 1. The number of carboxylic acids is 1. The molecule has 2 saturated heterocycles. The number of amides is 3. The number of nitrogens with one attached hydrogen (secondary N) is 1. The molecule has 2 aromatic carbocycles. The molecule has 4 heterocycles. The molecule has 0 bridgehead atoms. The van der Waals surface area contributed by atoms with Crippen LogP contribution in [-0.2, 0) is 22.8 Å². The third kappa shape index (κ3) is 8.89. The maximum absolute atomic E-state index is 14.6. The summed E-state index contributed by atoms with van der Waals surface area (Å²) in [5, 5.41) is 15.7. The minimum Gasteiger partial charge on any atom is -0.477 e. The zero-order valence-corrected chi connectivity index (χ0v) is 31.7. The zero-order chi connectivity index (χ0) is 41.2. The van der Waals surface area contributed by atoms with Crippen molar-refractivity contribution in [3.05, 3.63) is 76.7 Å². The number of nitrogen functional groups attached to an aromatic ring is 1. The number of piperidine rings is 1. The number of quaternary nitrogens is 1. The SMILES string of the molecule is Cn1c(-c2cn(-c3ccc(N)cc3F)nc2C(F)(F)F)cnc1C(=O)Nc1ccc(C(=O)N2CCC(C(=O)N3CC[N+](CCCN)(CC(=O)O)CC3)CC2)c(Cl)c1. The molecule has 2 fully saturated rings. The van der Waals surface area contributed by atoms with Crippen LogP contribution in [0.15, 0.2) is 48.8 Å². The summed E-state index contributed by atoms with van der Waals surface area (Å²) in [5.74, 6) is -3.45. The molecule has 2 aliphatic rings. The first kappa shape index (κ1) is 41.1. The Kier molecular flexibility index (Phi) is 11.9. The number of hydrogen-bond donors (Lipinski definition) is 4. The average molecular weight is 818 g/mol. The number of hydrogen-bond acceptors (Lipinski definition) is 8. The van der Waals surface area contributed by atoms with E-state index in [1.54, 1.807) is 9.80 Å². The number of carbonyl (C=O) groups is 4. The van der Waals surface area contributed by atoms with Gasteiger partial charge in [0, 0.05) is 50.0 Å². The number of imidazole rings is 1. The Morgan fingerprint density at radius 1 is 1.04 bits per heavy atom. The topological polar surface area (TPSA) is 195 Å². The first-order chi connectivity index (χ1) is 27.0. The van der Waals surface area contributed by atoms with Crippen LogP contribution in [0.25, 0.3) is 16.9 Å². The van der Waals surface area contributed by atoms with Gasteiger partial charge in [-0.1, -0.05) is 11.6 Å². The molecule has 0 spiro atoms. The largest absolute Gasteiger partial charge is 0.477 e. The van der Waals surface area contributed by atoms with Gasteiger partial charge >= 0.3 is 12.1 Å². The number of likely N-dealkylation sites (tertiary alicyclic amines) is 1. The number of carboxylic acid groups (broad SMARTS) is 1. The molecule has 304 valence electrons. The van der Waals surface area contributed by atoms with Gasteiger partial charge in [0.25, 0.3) is 11.8 Å². The van der Waals surface area contributed by atoms with E-state index in [0.717, 1.165) is 27.7 Å². The van der Waals surface area contributed by atoms with E-state index in [1.807, 2.05) is 0 Å². The van der Waals surface area contributed by atoms with Crippen LogP contribution in [0.2, 0.25) is 5.02 Å². The third-order valence-corrected chi connectivity index (χ3v) is 10.9. The Balaban J connectivity index is 1.07. The van der Waals surface area contributed by atoms with Crippen LogP contribution in [-0.4, -0.2) is 121 Å². The summed E-state index contributed by atoms with van der Waals surface area (Å²) in [6.45, 7) is 3.72. The molecule has 20 heteroatoms. The molecule has 3 amide bonds. The molecule has 6 rings (SSSR count). The summed E-state index contributed by atoms with van der Waals surface area (Å²) >= 11 is 6.51. The highest BCUT2D eigenvalue weighted by Gasteiger charge is 2.40. The highest BCUT2D eigenvalue weighted by Crippen LogP contribution is 2.37. The number of aromatic nitrogens is 4. The number of alkyl halides is 3. The summed E-state index contributed by atoms with van der Waals surface area (Å²) < 4.78 is 59.1. The van der Waals surface area contributed by atoms with Crippen molar-refractivity contribution in [2.24, 2.45) is 18.7 Å². The van der Waals surface area contributed by atoms with E-state index in [0.29, 0.717) is 76.1 Å². The normalized spacial score (nSPS) is 16.1. The Morgan fingerprint density at radius 3 is 2.35 bits per heavy atom. The molecule has 57 heavy (non-hydrogen) atoms. The van der Waals surface area contributed by atoms with E-state index in [4.69, 9.17) is 23.1 Å². The van der Waals surface area contributed by atoms with Gasteiger partial charge in [0.1, 0.15) is 5.69 Å². The van der Waals surface area contributed by atoms with Gasteiger partial charge in [-0.3, -0.25) is 14.4 Å². The fraction of sp³-hybridized carbons (Fsp3) is 0.405. The molecule has 0 aliphatic carbocycles. The molecular weight excluding hydrogens is 776 g/mol. The predicted molar refractivity (Wildman–Crippen MR) is 201 cm³/mol. The Morgan fingerprint density at radius 2 is 1.74 bits per heavy atom. The van der Waals surface area contributed by atoms with Gasteiger partial charge in [0.2, 0.25) is 5.91 Å². The van der Waals surface area contributed by atoms with Gasteiger partial charge in [-0.25, -0.2) is 18.9 Å². The van der Waals surface area contributed by atoms with E-state index in [-0.39, 0.29) is 63.4 Å². The smallest absolute Gasteiger partial charge is 0.435 e. The van der Waals surface area contributed by atoms with Crippen molar-refractivity contribution in [2.45, 2.75) is 25.4 Å². The van der Waals surface area contributed by atoms with Crippen LogP contribution in [0.3, 0.4) is 0 Å². The summed E-state index contributed by atoms with van der Waals surface area (Å²) in [4.78, 5) is 59.1. The van der Waals surface area contributed by atoms with Crippen LogP contribution in [0.5, 0.6) is 0 Å². The number of rotatable bonds is 11. The molecular formula is C37H42ClF4N10O5+. The minimum absolute atomic E-state index is 0.00331. The van der Waals surface area contributed by atoms with Gasteiger partial charge in [-0.2, -0.15) is 18.3 Å². The van der Waals surface area contributed by atoms with Gasteiger partial charge in [0.15, 0.2) is 23.9 Å². The second-order valence-corrected chi connectivity index (χ2v) is 14.7. The summed E-state index contributed by atoms with van der Waals surface area (Å²) in [5.41, 5.74) is 9.53. The zero-order valence-electron chi connectivity index (χ0n) is 30.9. The quantitative estimate of drug-likeness (QED) is 0.0988. The van der Waals surface area contributed by atoms with Crippen molar-refractivity contribution < 1.29 is 46.3 Å². The van der Waals surface area contributed by atoms with Gasteiger partial charge in [-0.05, 0) is 55.8 Å². The minimum atomic E-state index is -4.93. The number of piperazine rings is 1. The highest BCUT2D eigenvalue weighted by molar-refractivity contribution is 6.34. The average Bonchev–Trinajstić information content (AvgIpc) is 3.78. The third-order valence-electron chi connectivity index (χ3n) is 10.6. The van der Waals surface area contributed by atoms with E-state index in [9.17, 15) is 41.8 Å². The fourth-order valence-corrected chi connectivity index (χ4v) is 7.73. The predicted octanol–water partition coefficient (Wildman–Crippen LogP) is 3.86. The Bertz CT molecular complexity index is 2180. The molecule has 6 N–H and O–H groups in total. The van der Waals surface area contributed by atoms with E-state index in [2.05, 4.69) is 15.4 Å². The number of halogens is 5. The van der Waals surface area contributed by atoms with Crippen LogP contribution >= 0.6 is 11.6 Å². The first-order valence-electron chi connectivity index (χ1n) is 18.2. The van der Waals surface area contributed by atoms with Gasteiger partial charge in [-0.15, -0.1) is 0 Å². The maximum atomic E-state index is 14.6. The van der Waals surface area contributed by atoms with E-state index < -0.39 is 35.1 Å². The van der Waals surface area contributed by atoms with E-state index >= 15 is 0 Å². The van der Waals surface area contributed by atoms with E-state index in [1.165, 1.54) is 37.4 Å². The number of benzene rings is 2. The molecule has 2 aromatic heterocycles. The van der Waals surface area contributed by atoms with Crippen LogP contribution in [0.1, 0.15) is 45.9 Å². The molecule has 2 aliphatic heterocycles. The van der Waals surface area contributed by atoms with Crippen molar-refractivity contribution >= 4 is 46.7 Å². The van der Waals surface area contributed by atoms with Gasteiger partial charge in [0.05, 0.1) is 60.8 Å².